The van der Waals surface area contributed by atoms with Gasteiger partial charge >= 0.3 is 0 Å². The van der Waals surface area contributed by atoms with Crippen LogP contribution < -0.4 is 0 Å². The SMILES string of the molecule is C1OCC2(CO1)OC[C@H]1O[C@H]12. The topological polar surface area (TPSA) is 40.2 Å². The molecule has 0 N–H and O–H groups in total. The van der Waals surface area contributed by atoms with E-state index in [1.165, 1.54) is 0 Å². The molecule has 0 amide bonds. The summed E-state index contributed by atoms with van der Waals surface area (Å²) < 4.78 is 21.3. The van der Waals surface area contributed by atoms with Crippen molar-refractivity contribution in [2.45, 2.75) is 17.8 Å². The lowest BCUT2D eigenvalue weighted by atomic mass is 10.0. The molecule has 1 spiro atoms. The molecule has 0 unspecified atom stereocenters. The summed E-state index contributed by atoms with van der Waals surface area (Å²) in [4.78, 5) is 0. The van der Waals surface area contributed by atoms with Gasteiger partial charge in [0.15, 0.2) is 0 Å². The van der Waals surface area contributed by atoms with Crippen LogP contribution >= 0.6 is 0 Å². The Morgan fingerprint density at radius 1 is 1.18 bits per heavy atom. The van der Waals surface area contributed by atoms with Gasteiger partial charge < -0.3 is 18.9 Å². The average molecular weight is 158 g/mol. The van der Waals surface area contributed by atoms with Crippen LogP contribution in [0.1, 0.15) is 0 Å². The highest BCUT2D eigenvalue weighted by Gasteiger charge is 2.62. The van der Waals surface area contributed by atoms with Crippen molar-refractivity contribution in [2.75, 3.05) is 26.6 Å². The molecular weight excluding hydrogens is 148 g/mol. The predicted molar refractivity (Wildman–Crippen MR) is 34.1 cm³/mol. The van der Waals surface area contributed by atoms with E-state index in [4.69, 9.17) is 18.9 Å². The van der Waals surface area contributed by atoms with Crippen molar-refractivity contribution in [3.05, 3.63) is 0 Å². The maximum atomic E-state index is 5.57. The van der Waals surface area contributed by atoms with Gasteiger partial charge in [-0.2, -0.15) is 0 Å². The highest BCUT2D eigenvalue weighted by molar-refractivity contribution is 5.08. The molecule has 0 aromatic heterocycles. The molecule has 62 valence electrons. The Morgan fingerprint density at radius 2 is 2.00 bits per heavy atom. The van der Waals surface area contributed by atoms with E-state index in [9.17, 15) is 0 Å². The largest absolute Gasteiger partial charge is 0.365 e. The molecule has 3 fully saturated rings. The van der Waals surface area contributed by atoms with Crippen molar-refractivity contribution in [2.24, 2.45) is 0 Å². The Hall–Kier alpha value is -0.160. The van der Waals surface area contributed by atoms with Crippen molar-refractivity contribution in [1.82, 2.24) is 0 Å². The van der Waals surface area contributed by atoms with E-state index >= 15 is 0 Å². The number of hydrogen-bond acceptors (Lipinski definition) is 4. The van der Waals surface area contributed by atoms with E-state index in [-0.39, 0.29) is 11.7 Å². The summed E-state index contributed by atoms with van der Waals surface area (Å²) in [6.45, 7) is 2.34. The predicted octanol–water partition coefficient (Wildman–Crippen LogP) is -0.473. The molecule has 3 rings (SSSR count). The smallest absolute Gasteiger partial charge is 0.147 e. The highest BCUT2D eigenvalue weighted by atomic mass is 16.7. The van der Waals surface area contributed by atoms with Gasteiger partial charge in [-0.1, -0.05) is 0 Å². The van der Waals surface area contributed by atoms with E-state index in [0.29, 0.717) is 32.7 Å². The molecule has 11 heavy (non-hydrogen) atoms. The zero-order valence-electron chi connectivity index (χ0n) is 6.12. The van der Waals surface area contributed by atoms with Crippen LogP contribution in [0.25, 0.3) is 0 Å². The van der Waals surface area contributed by atoms with Crippen molar-refractivity contribution in [3.63, 3.8) is 0 Å². The average Bonchev–Trinajstić information content (AvgIpc) is 2.77. The number of hydrogen-bond donors (Lipinski definition) is 0. The van der Waals surface area contributed by atoms with Gasteiger partial charge in [0.2, 0.25) is 0 Å². The monoisotopic (exact) mass is 158 g/mol. The summed E-state index contributed by atoms with van der Waals surface area (Å²) in [6.07, 6.45) is 0.558. The van der Waals surface area contributed by atoms with Crippen molar-refractivity contribution in [3.8, 4) is 0 Å². The molecule has 3 saturated heterocycles. The van der Waals surface area contributed by atoms with Crippen molar-refractivity contribution >= 4 is 0 Å². The van der Waals surface area contributed by atoms with Gasteiger partial charge in [-0.05, 0) is 0 Å². The van der Waals surface area contributed by atoms with Crippen LogP contribution in [0.3, 0.4) is 0 Å². The van der Waals surface area contributed by atoms with Gasteiger partial charge in [-0.15, -0.1) is 0 Å². The molecular formula is C7H10O4. The normalized spacial score (nSPS) is 45.8. The fourth-order valence-electron chi connectivity index (χ4n) is 1.84. The van der Waals surface area contributed by atoms with Crippen LogP contribution in [-0.4, -0.2) is 44.4 Å². The molecule has 0 aliphatic carbocycles. The zero-order chi connectivity index (χ0) is 7.31. The minimum absolute atomic E-state index is 0.239. The molecule has 0 aromatic rings. The van der Waals surface area contributed by atoms with Gasteiger partial charge in [-0.3, -0.25) is 0 Å². The lowest BCUT2D eigenvalue weighted by molar-refractivity contribution is -0.220. The van der Waals surface area contributed by atoms with Crippen LogP contribution in [0, 0.1) is 0 Å². The van der Waals surface area contributed by atoms with Crippen LogP contribution in [-0.2, 0) is 18.9 Å². The van der Waals surface area contributed by atoms with Crippen LogP contribution in [0.5, 0.6) is 0 Å². The number of rotatable bonds is 0. The minimum atomic E-state index is -0.261. The zero-order valence-corrected chi connectivity index (χ0v) is 6.12. The lowest BCUT2D eigenvalue weighted by Gasteiger charge is -2.32. The van der Waals surface area contributed by atoms with Crippen LogP contribution in [0.2, 0.25) is 0 Å². The third-order valence-electron chi connectivity index (χ3n) is 2.50. The molecule has 3 heterocycles. The minimum Gasteiger partial charge on any atom is -0.365 e. The molecule has 0 aromatic carbocycles. The first kappa shape index (κ1) is 6.37. The molecule has 0 saturated carbocycles. The number of fused-ring (bicyclic) bond motifs is 2. The second kappa shape index (κ2) is 1.95. The summed E-state index contributed by atoms with van der Waals surface area (Å²) >= 11 is 0. The maximum absolute atomic E-state index is 5.57. The molecule has 4 heteroatoms. The van der Waals surface area contributed by atoms with Gasteiger partial charge in [0, 0.05) is 0 Å². The summed E-state index contributed by atoms with van der Waals surface area (Å²) in [7, 11) is 0. The van der Waals surface area contributed by atoms with Gasteiger partial charge in [0.25, 0.3) is 0 Å². The quantitative estimate of drug-likeness (QED) is 0.447. The lowest BCUT2D eigenvalue weighted by Crippen LogP contribution is -2.48. The Labute approximate surface area is 64.4 Å². The molecule has 3 aliphatic heterocycles. The summed E-state index contributed by atoms with van der Waals surface area (Å²) in [6, 6.07) is 0. The first-order valence-electron chi connectivity index (χ1n) is 3.86. The first-order chi connectivity index (χ1) is 5.41. The molecule has 0 radical (unpaired) electrons. The Morgan fingerprint density at radius 3 is 2.55 bits per heavy atom. The van der Waals surface area contributed by atoms with Gasteiger partial charge in [-0.25, -0.2) is 0 Å². The van der Waals surface area contributed by atoms with Crippen LogP contribution in [0.4, 0.5) is 0 Å². The van der Waals surface area contributed by atoms with Crippen molar-refractivity contribution < 1.29 is 18.9 Å². The molecule has 2 atom stereocenters. The maximum Gasteiger partial charge on any atom is 0.147 e. The molecule has 4 nitrogen and oxygen atoms in total. The summed E-state index contributed by atoms with van der Waals surface area (Å²) in [5, 5.41) is 0. The number of ether oxygens (including phenoxy) is 4. The van der Waals surface area contributed by atoms with E-state index < -0.39 is 0 Å². The van der Waals surface area contributed by atoms with Gasteiger partial charge in [0.05, 0.1) is 19.8 Å². The van der Waals surface area contributed by atoms with E-state index in [1.54, 1.807) is 0 Å². The summed E-state index contributed by atoms with van der Waals surface area (Å²) in [5.74, 6) is 0. The standard InChI is InChI=1S/C7H10O4/c1-5-6(11-5)7(10-1)2-8-4-9-3-7/h5-6H,1-4H2/t5-,6-/m1/s1. The third kappa shape index (κ3) is 0.780. The Bertz CT molecular complexity index is 175. The Kier molecular flexibility index (Phi) is 1.13. The van der Waals surface area contributed by atoms with E-state index in [2.05, 4.69) is 0 Å². The molecule has 3 aliphatic rings. The fourth-order valence-corrected chi connectivity index (χ4v) is 1.84. The second-order valence-electron chi connectivity index (χ2n) is 3.29. The van der Waals surface area contributed by atoms with Crippen LogP contribution in [0.15, 0.2) is 0 Å². The fraction of sp³-hybridized carbons (Fsp3) is 1.00. The second-order valence-corrected chi connectivity index (χ2v) is 3.29. The first-order valence-corrected chi connectivity index (χ1v) is 3.86. The van der Waals surface area contributed by atoms with Gasteiger partial charge in [0.1, 0.15) is 24.6 Å². The molecule has 0 bridgehead atoms. The van der Waals surface area contributed by atoms with E-state index in [1.807, 2.05) is 0 Å². The summed E-state index contributed by atoms with van der Waals surface area (Å²) in [5.41, 5.74) is -0.261. The number of epoxide rings is 1. The highest BCUT2D eigenvalue weighted by Crippen LogP contribution is 2.43. The van der Waals surface area contributed by atoms with Crippen molar-refractivity contribution in [1.29, 1.82) is 0 Å². The van der Waals surface area contributed by atoms with E-state index in [0.717, 1.165) is 0 Å². The third-order valence-corrected chi connectivity index (χ3v) is 2.50. The Balaban J connectivity index is 1.81.